The summed E-state index contributed by atoms with van der Waals surface area (Å²) in [5.41, 5.74) is 4.33. The lowest BCUT2D eigenvalue weighted by atomic mass is 9.97. The second-order valence-corrected chi connectivity index (χ2v) is 5.32. The molecule has 15 heavy (non-hydrogen) atoms. The topological polar surface area (TPSA) is 0 Å². The Balaban J connectivity index is 1.97. The molecule has 0 aliphatic heterocycles. The Morgan fingerprint density at radius 3 is 2.40 bits per heavy atom. The van der Waals surface area contributed by atoms with E-state index in [1.54, 1.807) is 0 Å². The number of hydrogen-bond donors (Lipinski definition) is 0. The summed E-state index contributed by atoms with van der Waals surface area (Å²) in [5.74, 6) is 0.816. The van der Waals surface area contributed by atoms with Gasteiger partial charge in [-0.15, -0.1) is 11.6 Å². The van der Waals surface area contributed by atoms with Gasteiger partial charge in [-0.05, 0) is 62.1 Å². The van der Waals surface area contributed by atoms with Crippen molar-refractivity contribution in [1.82, 2.24) is 0 Å². The Bertz CT molecular complexity index is 319. The van der Waals surface area contributed by atoms with Gasteiger partial charge in [0, 0.05) is 5.38 Å². The van der Waals surface area contributed by atoms with Crippen LogP contribution in [0.5, 0.6) is 0 Å². The molecule has 1 heteroatoms. The van der Waals surface area contributed by atoms with Crippen LogP contribution in [0.15, 0.2) is 18.2 Å². The van der Waals surface area contributed by atoms with Gasteiger partial charge in [-0.25, -0.2) is 0 Å². The van der Waals surface area contributed by atoms with Crippen molar-refractivity contribution >= 4 is 11.6 Å². The minimum Gasteiger partial charge on any atom is -0.123 e. The van der Waals surface area contributed by atoms with E-state index in [2.05, 4.69) is 32.0 Å². The van der Waals surface area contributed by atoms with Gasteiger partial charge >= 0.3 is 0 Å². The van der Waals surface area contributed by atoms with Gasteiger partial charge in [-0.3, -0.25) is 0 Å². The number of rotatable bonds is 4. The van der Waals surface area contributed by atoms with Gasteiger partial charge < -0.3 is 0 Å². The lowest BCUT2D eigenvalue weighted by molar-refractivity contribution is 0.674. The zero-order chi connectivity index (χ0) is 10.8. The van der Waals surface area contributed by atoms with E-state index in [0.717, 1.165) is 18.8 Å². The van der Waals surface area contributed by atoms with Gasteiger partial charge in [0.05, 0.1) is 0 Å². The maximum absolute atomic E-state index is 6.33. The van der Waals surface area contributed by atoms with Crippen LogP contribution in [0.3, 0.4) is 0 Å². The molecule has 1 unspecified atom stereocenters. The molecule has 1 aliphatic rings. The molecule has 1 aromatic rings. The van der Waals surface area contributed by atoms with Gasteiger partial charge in [0.2, 0.25) is 0 Å². The Hall–Kier alpha value is -0.490. The minimum atomic E-state index is 0.406. The Morgan fingerprint density at radius 1 is 1.27 bits per heavy atom. The third kappa shape index (κ3) is 2.75. The molecule has 1 saturated carbocycles. The van der Waals surface area contributed by atoms with Crippen molar-refractivity contribution < 1.29 is 0 Å². The standard InChI is InChI=1S/C14H19Cl/c1-10-4-3-5-11(2)13(10)8-9-14(15)12-6-7-12/h3-5,12,14H,6-9H2,1-2H3. The molecule has 0 bridgehead atoms. The summed E-state index contributed by atoms with van der Waals surface area (Å²) >= 11 is 6.33. The average Bonchev–Trinajstić information content (AvgIpc) is 2.99. The van der Waals surface area contributed by atoms with Gasteiger partial charge in [0.1, 0.15) is 0 Å². The quantitative estimate of drug-likeness (QED) is 0.668. The van der Waals surface area contributed by atoms with Crippen molar-refractivity contribution in [3.63, 3.8) is 0 Å². The number of hydrogen-bond acceptors (Lipinski definition) is 0. The van der Waals surface area contributed by atoms with Crippen LogP contribution < -0.4 is 0 Å². The first kappa shape index (κ1) is 11.0. The van der Waals surface area contributed by atoms with Crippen molar-refractivity contribution in [3.05, 3.63) is 34.9 Å². The van der Waals surface area contributed by atoms with Gasteiger partial charge in [-0.1, -0.05) is 18.2 Å². The summed E-state index contributed by atoms with van der Waals surface area (Å²) in [7, 11) is 0. The lowest BCUT2D eigenvalue weighted by Crippen LogP contribution is -2.04. The first-order valence-corrected chi connectivity index (χ1v) is 6.31. The highest BCUT2D eigenvalue weighted by atomic mass is 35.5. The third-order valence-corrected chi connectivity index (χ3v) is 4.02. The first-order chi connectivity index (χ1) is 7.18. The summed E-state index contributed by atoms with van der Waals surface area (Å²) in [6.07, 6.45) is 4.98. The average molecular weight is 223 g/mol. The molecule has 0 saturated heterocycles. The summed E-state index contributed by atoms with van der Waals surface area (Å²) < 4.78 is 0. The van der Waals surface area contributed by atoms with Crippen molar-refractivity contribution in [2.45, 2.75) is 44.9 Å². The fourth-order valence-corrected chi connectivity index (χ4v) is 2.58. The predicted octanol–water partition coefficient (Wildman–Crippen LogP) is 4.25. The van der Waals surface area contributed by atoms with Crippen molar-refractivity contribution in [2.24, 2.45) is 5.92 Å². The molecule has 1 aromatic carbocycles. The SMILES string of the molecule is Cc1cccc(C)c1CCC(Cl)C1CC1. The fourth-order valence-electron chi connectivity index (χ4n) is 2.22. The molecule has 0 spiro atoms. The lowest BCUT2D eigenvalue weighted by Gasteiger charge is -2.12. The second kappa shape index (κ2) is 4.57. The van der Waals surface area contributed by atoms with E-state index < -0.39 is 0 Å². The maximum Gasteiger partial charge on any atom is 0.0367 e. The highest BCUT2D eigenvalue weighted by Crippen LogP contribution is 2.37. The molecule has 82 valence electrons. The van der Waals surface area contributed by atoms with Crippen LogP contribution in [0.25, 0.3) is 0 Å². The van der Waals surface area contributed by atoms with E-state index >= 15 is 0 Å². The van der Waals surface area contributed by atoms with Crippen LogP contribution in [0, 0.1) is 19.8 Å². The molecule has 0 nitrogen and oxygen atoms in total. The molecule has 1 aliphatic carbocycles. The summed E-state index contributed by atoms with van der Waals surface area (Å²) in [4.78, 5) is 0. The molecule has 0 amide bonds. The smallest absolute Gasteiger partial charge is 0.0367 e. The number of benzene rings is 1. The molecule has 1 fully saturated rings. The third-order valence-electron chi connectivity index (χ3n) is 3.45. The number of aryl methyl sites for hydroxylation is 2. The zero-order valence-electron chi connectivity index (χ0n) is 9.59. The predicted molar refractivity (Wildman–Crippen MR) is 66.6 cm³/mol. The monoisotopic (exact) mass is 222 g/mol. The zero-order valence-corrected chi connectivity index (χ0v) is 10.3. The Labute approximate surface area is 97.6 Å². The molecule has 2 rings (SSSR count). The van der Waals surface area contributed by atoms with Crippen LogP contribution in [-0.2, 0) is 6.42 Å². The molecule has 0 N–H and O–H groups in total. The molecular formula is C14H19Cl. The fraction of sp³-hybridized carbons (Fsp3) is 0.571. The van der Waals surface area contributed by atoms with Crippen LogP contribution in [0.4, 0.5) is 0 Å². The number of alkyl halides is 1. The van der Waals surface area contributed by atoms with Crippen LogP contribution in [0.2, 0.25) is 0 Å². The van der Waals surface area contributed by atoms with Crippen LogP contribution >= 0.6 is 11.6 Å². The van der Waals surface area contributed by atoms with Crippen molar-refractivity contribution in [2.75, 3.05) is 0 Å². The first-order valence-electron chi connectivity index (χ1n) is 5.87. The van der Waals surface area contributed by atoms with Crippen molar-refractivity contribution in [3.8, 4) is 0 Å². The highest BCUT2D eigenvalue weighted by molar-refractivity contribution is 6.20. The van der Waals surface area contributed by atoms with E-state index in [4.69, 9.17) is 11.6 Å². The van der Waals surface area contributed by atoms with E-state index in [9.17, 15) is 0 Å². The van der Waals surface area contributed by atoms with Gasteiger partial charge in [-0.2, -0.15) is 0 Å². The van der Waals surface area contributed by atoms with Gasteiger partial charge in [0.25, 0.3) is 0 Å². The Kier molecular flexibility index (Phi) is 3.35. The number of halogens is 1. The van der Waals surface area contributed by atoms with E-state index in [1.807, 2.05) is 0 Å². The Morgan fingerprint density at radius 2 is 1.87 bits per heavy atom. The summed E-state index contributed by atoms with van der Waals surface area (Å²) in [5, 5.41) is 0.406. The van der Waals surface area contributed by atoms with E-state index in [-0.39, 0.29) is 0 Å². The highest BCUT2D eigenvalue weighted by Gasteiger charge is 2.29. The van der Waals surface area contributed by atoms with E-state index in [1.165, 1.54) is 29.5 Å². The minimum absolute atomic E-state index is 0.406. The molecule has 1 atom stereocenters. The molecule has 0 heterocycles. The molecule has 0 radical (unpaired) electrons. The van der Waals surface area contributed by atoms with Gasteiger partial charge in [0.15, 0.2) is 0 Å². The summed E-state index contributed by atoms with van der Waals surface area (Å²) in [6, 6.07) is 6.53. The molecular weight excluding hydrogens is 204 g/mol. The van der Waals surface area contributed by atoms with Crippen molar-refractivity contribution in [1.29, 1.82) is 0 Å². The molecule has 0 aromatic heterocycles. The summed E-state index contributed by atoms with van der Waals surface area (Å²) in [6.45, 7) is 4.39. The largest absolute Gasteiger partial charge is 0.123 e. The maximum atomic E-state index is 6.33. The normalized spacial score (nSPS) is 17.8. The van der Waals surface area contributed by atoms with Crippen LogP contribution in [0.1, 0.15) is 36.0 Å². The van der Waals surface area contributed by atoms with E-state index in [0.29, 0.717) is 5.38 Å². The second-order valence-electron chi connectivity index (χ2n) is 4.76. The van der Waals surface area contributed by atoms with Crippen LogP contribution in [-0.4, -0.2) is 5.38 Å².